The van der Waals surface area contributed by atoms with Gasteiger partial charge in [0.2, 0.25) is 5.89 Å². The molecule has 3 N–H and O–H groups in total. The van der Waals surface area contributed by atoms with Gasteiger partial charge in [-0.15, -0.1) is 24.0 Å². The molecule has 104 valence electrons. The van der Waals surface area contributed by atoms with E-state index in [1.165, 1.54) is 0 Å². The number of halogens is 1. The monoisotopic (exact) mass is 367 g/mol. The molecule has 0 fully saturated rings. The SMILES string of the molecule is Cc1noc(CCNC(N)=NCCC(C)C)n1.I. The summed E-state index contributed by atoms with van der Waals surface area (Å²) in [6, 6.07) is 0. The second-order valence-corrected chi connectivity index (χ2v) is 4.36. The molecule has 1 aromatic rings. The van der Waals surface area contributed by atoms with Gasteiger partial charge in [-0.05, 0) is 19.3 Å². The number of nitrogens with two attached hydrogens (primary N) is 1. The van der Waals surface area contributed by atoms with Gasteiger partial charge >= 0.3 is 0 Å². The molecular weight excluding hydrogens is 345 g/mol. The number of nitrogens with one attached hydrogen (secondary N) is 1. The molecule has 0 saturated carbocycles. The van der Waals surface area contributed by atoms with Crippen LogP contribution in [0, 0.1) is 12.8 Å². The van der Waals surface area contributed by atoms with Crippen LogP contribution < -0.4 is 11.1 Å². The Labute approximate surface area is 125 Å². The summed E-state index contributed by atoms with van der Waals surface area (Å²) in [6.07, 6.45) is 1.70. The van der Waals surface area contributed by atoms with Crippen molar-refractivity contribution in [1.29, 1.82) is 0 Å². The fourth-order valence-corrected chi connectivity index (χ4v) is 1.24. The zero-order chi connectivity index (χ0) is 12.7. The fourth-order valence-electron chi connectivity index (χ4n) is 1.24. The third-order valence-electron chi connectivity index (χ3n) is 2.20. The molecule has 7 heteroatoms. The highest BCUT2D eigenvalue weighted by molar-refractivity contribution is 14.0. The lowest BCUT2D eigenvalue weighted by atomic mass is 10.1. The van der Waals surface area contributed by atoms with E-state index < -0.39 is 0 Å². The predicted molar refractivity (Wildman–Crippen MR) is 82.1 cm³/mol. The number of nitrogens with zero attached hydrogens (tertiary/aromatic N) is 3. The van der Waals surface area contributed by atoms with Crippen LogP contribution in [0.4, 0.5) is 0 Å². The Kier molecular flexibility index (Phi) is 8.69. The minimum Gasteiger partial charge on any atom is -0.370 e. The van der Waals surface area contributed by atoms with Crippen molar-refractivity contribution in [1.82, 2.24) is 15.5 Å². The van der Waals surface area contributed by atoms with Crippen molar-refractivity contribution in [3.63, 3.8) is 0 Å². The molecule has 1 heterocycles. The Balaban J connectivity index is 0.00000289. The zero-order valence-corrected chi connectivity index (χ0v) is 13.5. The van der Waals surface area contributed by atoms with Gasteiger partial charge in [0.25, 0.3) is 0 Å². The number of guanidine groups is 1. The van der Waals surface area contributed by atoms with Gasteiger partial charge < -0.3 is 15.6 Å². The second-order valence-electron chi connectivity index (χ2n) is 4.36. The highest BCUT2D eigenvalue weighted by Gasteiger charge is 2.01. The summed E-state index contributed by atoms with van der Waals surface area (Å²) >= 11 is 0. The maximum atomic E-state index is 5.70. The third-order valence-corrected chi connectivity index (χ3v) is 2.20. The molecule has 0 aliphatic carbocycles. The molecule has 0 radical (unpaired) electrons. The molecule has 1 aromatic heterocycles. The van der Waals surface area contributed by atoms with E-state index in [-0.39, 0.29) is 24.0 Å². The van der Waals surface area contributed by atoms with Crippen molar-refractivity contribution in [3.05, 3.63) is 11.7 Å². The Morgan fingerprint density at radius 3 is 2.78 bits per heavy atom. The lowest BCUT2D eigenvalue weighted by Crippen LogP contribution is -2.33. The molecule has 0 bridgehead atoms. The van der Waals surface area contributed by atoms with E-state index in [4.69, 9.17) is 10.3 Å². The molecule has 0 aliphatic heterocycles. The standard InChI is InChI=1S/C11H21N5O.HI/c1-8(2)4-6-13-11(12)14-7-5-10-15-9(3)16-17-10;/h8H,4-7H2,1-3H3,(H3,12,13,14);1H. The molecule has 0 aromatic carbocycles. The average molecular weight is 367 g/mol. The van der Waals surface area contributed by atoms with Gasteiger partial charge in [-0.3, -0.25) is 4.99 Å². The predicted octanol–water partition coefficient (Wildman–Crippen LogP) is 1.49. The van der Waals surface area contributed by atoms with Gasteiger partial charge in [0.15, 0.2) is 11.8 Å². The van der Waals surface area contributed by atoms with E-state index >= 15 is 0 Å². The van der Waals surface area contributed by atoms with E-state index in [9.17, 15) is 0 Å². The summed E-state index contributed by atoms with van der Waals surface area (Å²) in [7, 11) is 0. The maximum absolute atomic E-state index is 5.70. The van der Waals surface area contributed by atoms with Crippen molar-refractivity contribution < 1.29 is 4.52 Å². The van der Waals surface area contributed by atoms with Gasteiger partial charge in [0.05, 0.1) is 0 Å². The molecule has 18 heavy (non-hydrogen) atoms. The molecule has 0 amide bonds. The molecule has 0 saturated heterocycles. The number of rotatable bonds is 6. The first-order valence-electron chi connectivity index (χ1n) is 5.91. The highest BCUT2D eigenvalue weighted by Crippen LogP contribution is 1.98. The largest absolute Gasteiger partial charge is 0.370 e. The zero-order valence-electron chi connectivity index (χ0n) is 11.1. The Morgan fingerprint density at radius 2 is 2.22 bits per heavy atom. The molecule has 1 rings (SSSR count). The quantitative estimate of drug-likeness (QED) is 0.452. The van der Waals surface area contributed by atoms with Crippen LogP contribution in [0.5, 0.6) is 0 Å². The third kappa shape index (κ3) is 7.46. The van der Waals surface area contributed by atoms with E-state index in [2.05, 4.69) is 34.3 Å². The molecule has 0 spiro atoms. The van der Waals surface area contributed by atoms with Crippen LogP contribution in [0.15, 0.2) is 9.52 Å². The number of aliphatic imine (C=N–C) groups is 1. The van der Waals surface area contributed by atoms with Crippen LogP contribution in [0.2, 0.25) is 0 Å². The number of hydrogen-bond acceptors (Lipinski definition) is 4. The summed E-state index contributed by atoms with van der Waals surface area (Å²) < 4.78 is 4.98. The Hall–Kier alpha value is -0.860. The van der Waals surface area contributed by atoms with Gasteiger partial charge in [0.1, 0.15) is 0 Å². The van der Waals surface area contributed by atoms with E-state index in [0.717, 1.165) is 13.0 Å². The summed E-state index contributed by atoms with van der Waals surface area (Å²) in [5.41, 5.74) is 5.70. The van der Waals surface area contributed by atoms with E-state index in [0.29, 0.717) is 36.6 Å². The fraction of sp³-hybridized carbons (Fsp3) is 0.727. The van der Waals surface area contributed by atoms with Crippen molar-refractivity contribution in [2.75, 3.05) is 13.1 Å². The normalized spacial score (nSPS) is 11.4. The maximum Gasteiger partial charge on any atom is 0.228 e. The van der Waals surface area contributed by atoms with Crippen LogP contribution in [0.3, 0.4) is 0 Å². The summed E-state index contributed by atoms with van der Waals surface area (Å²) in [4.78, 5) is 8.31. The topological polar surface area (TPSA) is 89.3 Å². The summed E-state index contributed by atoms with van der Waals surface area (Å²) in [6.45, 7) is 7.53. The van der Waals surface area contributed by atoms with Crippen LogP contribution >= 0.6 is 24.0 Å². The molecule has 0 atom stereocenters. The number of aromatic nitrogens is 2. The van der Waals surface area contributed by atoms with Crippen LogP contribution in [0.1, 0.15) is 32.0 Å². The van der Waals surface area contributed by atoms with Crippen molar-refractivity contribution in [2.45, 2.75) is 33.6 Å². The number of aryl methyl sites for hydroxylation is 1. The van der Waals surface area contributed by atoms with Gasteiger partial charge in [0, 0.05) is 19.5 Å². The summed E-state index contributed by atoms with van der Waals surface area (Å²) in [5, 5.41) is 6.72. The smallest absolute Gasteiger partial charge is 0.228 e. The first-order chi connectivity index (χ1) is 8.08. The van der Waals surface area contributed by atoms with Crippen LogP contribution in [-0.4, -0.2) is 29.2 Å². The lowest BCUT2D eigenvalue weighted by molar-refractivity contribution is 0.374. The minimum absolute atomic E-state index is 0. The van der Waals surface area contributed by atoms with E-state index in [1.807, 2.05) is 0 Å². The average Bonchev–Trinajstić information content (AvgIpc) is 2.63. The van der Waals surface area contributed by atoms with Crippen molar-refractivity contribution in [2.24, 2.45) is 16.6 Å². The highest BCUT2D eigenvalue weighted by atomic mass is 127. The summed E-state index contributed by atoms with van der Waals surface area (Å²) in [5.74, 6) is 2.39. The first-order valence-corrected chi connectivity index (χ1v) is 5.91. The molecular formula is C11H22IN5O. The first kappa shape index (κ1) is 17.1. The van der Waals surface area contributed by atoms with Crippen LogP contribution in [-0.2, 0) is 6.42 Å². The lowest BCUT2D eigenvalue weighted by Gasteiger charge is -2.04. The van der Waals surface area contributed by atoms with Gasteiger partial charge in [-0.2, -0.15) is 4.98 Å². The van der Waals surface area contributed by atoms with Crippen molar-refractivity contribution in [3.8, 4) is 0 Å². The molecule has 0 unspecified atom stereocenters. The van der Waals surface area contributed by atoms with Crippen LogP contribution in [0.25, 0.3) is 0 Å². The number of hydrogen-bond donors (Lipinski definition) is 2. The van der Waals surface area contributed by atoms with E-state index in [1.54, 1.807) is 6.92 Å². The van der Waals surface area contributed by atoms with Gasteiger partial charge in [-0.1, -0.05) is 19.0 Å². The minimum atomic E-state index is 0. The molecule has 6 nitrogen and oxygen atoms in total. The Bertz CT molecular complexity index is 364. The molecule has 0 aliphatic rings. The Morgan fingerprint density at radius 1 is 1.50 bits per heavy atom. The van der Waals surface area contributed by atoms with Crippen molar-refractivity contribution >= 4 is 29.9 Å². The second kappa shape index (κ2) is 9.12. The van der Waals surface area contributed by atoms with Gasteiger partial charge in [-0.25, -0.2) is 0 Å².